The van der Waals surface area contributed by atoms with Gasteiger partial charge in [-0.25, -0.2) is 0 Å². The lowest BCUT2D eigenvalue weighted by atomic mass is 10.0. The zero-order chi connectivity index (χ0) is 22.7. The van der Waals surface area contributed by atoms with Crippen LogP contribution in [-0.2, 0) is 0 Å². The van der Waals surface area contributed by atoms with Crippen molar-refractivity contribution in [1.82, 2.24) is 10.3 Å². The molecule has 0 atom stereocenters. The molecule has 0 fully saturated rings. The fraction of sp³-hybridized carbons (Fsp3) is 0.167. The van der Waals surface area contributed by atoms with E-state index in [1.54, 1.807) is 52.6 Å². The lowest BCUT2D eigenvalue weighted by Crippen LogP contribution is -2.17. The largest absolute Gasteiger partial charge is 0.493 e. The highest BCUT2D eigenvalue weighted by Crippen LogP contribution is 2.41. The van der Waals surface area contributed by atoms with Crippen LogP contribution in [-0.4, -0.2) is 39.3 Å². The number of nitrogens with zero attached hydrogens (tertiary/aromatic N) is 1. The molecule has 1 heterocycles. The van der Waals surface area contributed by atoms with Crippen LogP contribution in [0.5, 0.6) is 17.2 Å². The first-order chi connectivity index (χ1) is 15.6. The van der Waals surface area contributed by atoms with E-state index in [2.05, 4.69) is 15.6 Å². The predicted octanol–water partition coefficient (Wildman–Crippen LogP) is 4.62. The third-order valence-electron chi connectivity index (χ3n) is 5.02. The van der Waals surface area contributed by atoms with Crippen molar-refractivity contribution in [1.29, 1.82) is 0 Å². The van der Waals surface area contributed by atoms with Crippen LogP contribution in [0.3, 0.4) is 0 Å². The van der Waals surface area contributed by atoms with E-state index < -0.39 is 0 Å². The highest BCUT2D eigenvalue weighted by Gasteiger charge is 2.16. The average Bonchev–Trinajstić information content (AvgIpc) is 3.25. The summed E-state index contributed by atoms with van der Waals surface area (Å²) in [4.78, 5) is 16.4. The minimum atomic E-state index is -0.133. The number of aromatic nitrogens is 1. The quantitative estimate of drug-likeness (QED) is 0.439. The summed E-state index contributed by atoms with van der Waals surface area (Å²) in [5, 5.41) is 5.78. The van der Waals surface area contributed by atoms with Gasteiger partial charge in [0.2, 0.25) is 5.75 Å². The Morgan fingerprint density at radius 1 is 0.938 bits per heavy atom. The molecule has 8 heteroatoms. The number of ether oxygens (including phenoxy) is 3. The maximum atomic E-state index is 11.8. The Labute approximate surface area is 185 Å². The summed E-state index contributed by atoms with van der Waals surface area (Å²) in [7, 11) is 6.27. The van der Waals surface area contributed by atoms with Crippen molar-refractivity contribution in [2.45, 2.75) is 0 Å². The number of methoxy groups -OCH3 is 3. The Morgan fingerprint density at radius 2 is 1.62 bits per heavy atom. The third kappa shape index (κ3) is 3.90. The molecule has 0 bridgehead atoms. The molecule has 1 amide bonds. The zero-order valence-corrected chi connectivity index (χ0v) is 18.2. The molecule has 3 aromatic carbocycles. The van der Waals surface area contributed by atoms with Gasteiger partial charge in [0.15, 0.2) is 17.1 Å². The van der Waals surface area contributed by atoms with Crippen LogP contribution in [0.2, 0.25) is 0 Å². The average molecular weight is 433 g/mol. The van der Waals surface area contributed by atoms with Crippen molar-refractivity contribution in [3.05, 3.63) is 60.2 Å². The number of rotatable bonds is 7. The highest BCUT2D eigenvalue weighted by atomic mass is 16.5. The summed E-state index contributed by atoms with van der Waals surface area (Å²) >= 11 is 0. The van der Waals surface area contributed by atoms with Gasteiger partial charge in [-0.3, -0.25) is 4.79 Å². The van der Waals surface area contributed by atoms with Gasteiger partial charge < -0.3 is 29.3 Å². The van der Waals surface area contributed by atoms with Crippen molar-refractivity contribution in [2.75, 3.05) is 33.7 Å². The van der Waals surface area contributed by atoms with E-state index in [4.69, 9.17) is 18.6 Å². The standard InChI is InChI=1S/C24H23N3O5/c1-25-23(28)15-10-8-14(9-11-15)17-6-5-7-18-21(17)32-24(27-18)26-16-12-19(29-2)22(31-4)20(13-16)30-3/h5-13H,1-4H3,(H,25,28)(H,26,27). The van der Waals surface area contributed by atoms with Crippen LogP contribution >= 0.6 is 0 Å². The molecule has 4 aromatic rings. The number of para-hydroxylation sites is 1. The summed E-state index contributed by atoms with van der Waals surface area (Å²) in [6.45, 7) is 0. The van der Waals surface area contributed by atoms with Crippen LogP contribution < -0.4 is 24.8 Å². The van der Waals surface area contributed by atoms with Crippen molar-refractivity contribution >= 4 is 28.7 Å². The molecule has 8 nitrogen and oxygen atoms in total. The van der Waals surface area contributed by atoms with E-state index in [9.17, 15) is 4.79 Å². The lowest BCUT2D eigenvalue weighted by Gasteiger charge is -2.14. The van der Waals surface area contributed by atoms with Crippen LogP contribution in [0.1, 0.15) is 10.4 Å². The molecule has 0 aliphatic rings. The van der Waals surface area contributed by atoms with Crippen molar-refractivity contribution in [3.8, 4) is 28.4 Å². The van der Waals surface area contributed by atoms with Crippen LogP contribution in [0, 0.1) is 0 Å². The van der Waals surface area contributed by atoms with E-state index in [-0.39, 0.29) is 5.91 Å². The number of nitrogens with one attached hydrogen (secondary N) is 2. The van der Waals surface area contributed by atoms with Crippen LogP contribution in [0.4, 0.5) is 11.7 Å². The van der Waals surface area contributed by atoms with Gasteiger partial charge in [0, 0.05) is 36.0 Å². The number of carbonyl (C=O) groups excluding carboxylic acids is 1. The van der Waals surface area contributed by atoms with Crippen molar-refractivity contribution in [3.63, 3.8) is 0 Å². The first-order valence-corrected chi connectivity index (χ1v) is 9.87. The van der Waals surface area contributed by atoms with Gasteiger partial charge in [-0.05, 0) is 23.8 Å². The van der Waals surface area contributed by atoms with Gasteiger partial charge in [0.25, 0.3) is 11.9 Å². The Balaban J connectivity index is 1.69. The fourth-order valence-corrected chi connectivity index (χ4v) is 3.45. The van der Waals surface area contributed by atoms with E-state index >= 15 is 0 Å². The first kappa shape index (κ1) is 21.0. The van der Waals surface area contributed by atoms with Gasteiger partial charge in [-0.2, -0.15) is 4.98 Å². The smallest absolute Gasteiger partial charge is 0.300 e. The number of fused-ring (bicyclic) bond motifs is 1. The number of amides is 1. The SMILES string of the molecule is CNC(=O)c1ccc(-c2cccc3nc(Nc4cc(OC)c(OC)c(OC)c4)oc23)cc1. The molecular weight excluding hydrogens is 410 g/mol. The normalized spacial score (nSPS) is 10.6. The van der Waals surface area contributed by atoms with E-state index in [0.717, 1.165) is 11.1 Å². The number of carbonyl (C=O) groups is 1. The summed E-state index contributed by atoms with van der Waals surface area (Å²) in [5.41, 5.74) is 4.38. The Morgan fingerprint density at radius 3 is 2.22 bits per heavy atom. The zero-order valence-electron chi connectivity index (χ0n) is 18.2. The molecule has 0 saturated carbocycles. The fourth-order valence-electron chi connectivity index (χ4n) is 3.45. The number of hydrogen-bond acceptors (Lipinski definition) is 7. The molecule has 32 heavy (non-hydrogen) atoms. The second-order valence-corrected chi connectivity index (χ2v) is 6.87. The Bertz CT molecular complexity index is 1240. The third-order valence-corrected chi connectivity index (χ3v) is 5.02. The number of oxazole rings is 1. The topological polar surface area (TPSA) is 94.9 Å². The summed E-state index contributed by atoms with van der Waals surface area (Å²) in [6, 6.07) is 16.9. The second kappa shape index (κ2) is 8.89. The monoisotopic (exact) mass is 433 g/mol. The van der Waals surface area contributed by atoms with E-state index in [1.165, 1.54) is 0 Å². The molecule has 2 N–H and O–H groups in total. The maximum Gasteiger partial charge on any atom is 0.300 e. The first-order valence-electron chi connectivity index (χ1n) is 9.87. The molecule has 1 aromatic heterocycles. The molecular formula is C24H23N3O5. The summed E-state index contributed by atoms with van der Waals surface area (Å²) < 4.78 is 22.2. The molecule has 4 rings (SSSR count). The van der Waals surface area contributed by atoms with Gasteiger partial charge in [-0.15, -0.1) is 0 Å². The maximum absolute atomic E-state index is 11.8. The van der Waals surface area contributed by atoms with Crippen LogP contribution in [0.25, 0.3) is 22.2 Å². The van der Waals surface area contributed by atoms with Gasteiger partial charge in [0.1, 0.15) is 5.52 Å². The number of anilines is 2. The Kier molecular flexibility index (Phi) is 5.85. The van der Waals surface area contributed by atoms with Gasteiger partial charge >= 0.3 is 0 Å². The van der Waals surface area contributed by atoms with Crippen molar-refractivity contribution in [2.24, 2.45) is 0 Å². The molecule has 0 unspecified atom stereocenters. The van der Waals surface area contributed by atoms with E-state index in [0.29, 0.717) is 45.6 Å². The summed E-state index contributed by atoms with van der Waals surface area (Å²) in [6.07, 6.45) is 0. The minimum Gasteiger partial charge on any atom is -0.493 e. The Hall–Kier alpha value is -4.20. The molecule has 0 saturated heterocycles. The minimum absolute atomic E-state index is 0.133. The van der Waals surface area contributed by atoms with E-state index in [1.807, 2.05) is 30.3 Å². The molecule has 0 radical (unpaired) electrons. The second-order valence-electron chi connectivity index (χ2n) is 6.87. The molecule has 0 aliphatic heterocycles. The number of hydrogen-bond donors (Lipinski definition) is 2. The predicted molar refractivity (Wildman–Crippen MR) is 122 cm³/mol. The van der Waals surface area contributed by atoms with Crippen molar-refractivity contribution < 1.29 is 23.4 Å². The molecule has 0 spiro atoms. The molecule has 0 aliphatic carbocycles. The molecule has 164 valence electrons. The summed E-state index contributed by atoms with van der Waals surface area (Å²) in [5.74, 6) is 1.40. The highest BCUT2D eigenvalue weighted by molar-refractivity contribution is 5.96. The van der Waals surface area contributed by atoms with Crippen LogP contribution in [0.15, 0.2) is 59.0 Å². The van der Waals surface area contributed by atoms with Gasteiger partial charge in [0.05, 0.1) is 21.3 Å². The number of benzene rings is 3. The van der Waals surface area contributed by atoms with Gasteiger partial charge in [-0.1, -0.05) is 24.3 Å². The lowest BCUT2D eigenvalue weighted by molar-refractivity contribution is 0.0963.